The fourth-order valence-corrected chi connectivity index (χ4v) is 4.78. The molecule has 0 aromatic heterocycles. The SMILES string of the molecule is CC(=O)Nc1ccc(S(=O)(=O)Oc2ccc(Cl)cc2CN(CC2CCCO2)C(=O)NC(C)C)cc1. The van der Waals surface area contributed by atoms with Gasteiger partial charge < -0.3 is 24.5 Å². The van der Waals surface area contributed by atoms with Gasteiger partial charge in [-0.1, -0.05) is 11.6 Å². The highest BCUT2D eigenvalue weighted by Gasteiger charge is 2.26. The van der Waals surface area contributed by atoms with E-state index in [1.807, 2.05) is 13.8 Å². The Morgan fingerprint density at radius 1 is 1.20 bits per heavy atom. The zero-order valence-electron chi connectivity index (χ0n) is 19.9. The normalized spacial score (nSPS) is 15.6. The largest absolute Gasteiger partial charge is 0.379 e. The summed E-state index contributed by atoms with van der Waals surface area (Å²) >= 11 is 6.20. The summed E-state index contributed by atoms with van der Waals surface area (Å²) in [4.78, 5) is 25.6. The lowest BCUT2D eigenvalue weighted by Gasteiger charge is -2.27. The van der Waals surface area contributed by atoms with E-state index in [4.69, 9.17) is 20.5 Å². The number of anilines is 1. The molecule has 1 aliphatic rings. The number of carbonyl (C=O) groups is 2. The third-order valence-electron chi connectivity index (χ3n) is 5.19. The van der Waals surface area contributed by atoms with Crippen molar-refractivity contribution in [3.05, 3.63) is 53.1 Å². The quantitative estimate of drug-likeness (QED) is 0.477. The Balaban J connectivity index is 1.84. The third-order valence-corrected chi connectivity index (χ3v) is 6.68. The van der Waals surface area contributed by atoms with Gasteiger partial charge in [0, 0.05) is 42.4 Å². The lowest BCUT2D eigenvalue weighted by atomic mass is 10.1. The summed E-state index contributed by atoms with van der Waals surface area (Å²) < 4.78 is 37.1. The number of hydrogen-bond donors (Lipinski definition) is 2. The zero-order valence-corrected chi connectivity index (χ0v) is 21.5. The van der Waals surface area contributed by atoms with E-state index < -0.39 is 10.1 Å². The molecule has 0 bridgehead atoms. The number of ether oxygens (including phenoxy) is 1. The van der Waals surface area contributed by atoms with Crippen molar-refractivity contribution in [1.82, 2.24) is 10.2 Å². The minimum atomic E-state index is -4.19. The highest BCUT2D eigenvalue weighted by molar-refractivity contribution is 7.87. The maximum absolute atomic E-state index is 13.0. The van der Waals surface area contributed by atoms with Gasteiger partial charge in [0.1, 0.15) is 10.6 Å². The number of amides is 3. The topological polar surface area (TPSA) is 114 Å². The van der Waals surface area contributed by atoms with E-state index in [0.29, 0.717) is 29.4 Å². The first-order valence-corrected chi connectivity index (χ1v) is 13.1. The van der Waals surface area contributed by atoms with E-state index in [9.17, 15) is 18.0 Å². The Labute approximate surface area is 210 Å². The van der Waals surface area contributed by atoms with Crippen LogP contribution in [0.3, 0.4) is 0 Å². The monoisotopic (exact) mass is 523 g/mol. The zero-order chi connectivity index (χ0) is 25.6. The molecule has 35 heavy (non-hydrogen) atoms. The van der Waals surface area contributed by atoms with Crippen LogP contribution in [0.25, 0.3) is 0 Å². The van der Waals surface area contributed by atoms with E-state index in [1.54, 1.807) is 11.0 Å². The van der Waals surface area contributed by atoms with Crippen LogP contribution in [0.1, 0.15) is 39.2 Å². The van der Waals surface area contributed by atoms with Crippen LogP contribution in [0.2, 0.25) is 5.02 Å². The molecular formula is C24H30ClN3O6S. The standard InChI is InChI=1S/C24H30ClN3O6S/c1-16(2)26-24(30)28(15-21-5-4-12-33-21)14-18-13-19(25)6-11-23(18)34-35(31,32)22-9-7-20(8-10-22)27-17(3)29/h6-11,13,16,21H,4-5,12,14-15H2,1-3H3,(H,26,30)(H,27,29). The summed E-state index contributed by atoms with van der Waals surface area (Å²) in [5.74, 6) is -0.202. The van der Waals surface area contributed by atoms with Crippen molar-refractivity contribution in [1.29, 1.82) is 0 Å². The van der Waals surface area contributed by atoms with Gasteiger partial charge in [-0.3, -0.25) is 4.79 Å². The second-order valence-electron chi connectivity index (χ2n) is 8.61. The molecule has 1 atom stereocenters. The van der Waals surface area contributed by atoms with Crippen LogP contribution in [-0.2, 0) is 26.2 Å². The summed E-state index contributed by atoms with van der Waals surface area (Å²) in [6, 6.07) is 9.83. The van der Waals surface area contributed by atoms with E-state index in [2.05, 4.69) is 10.6 Å². The number of benzene rings is 2. The molecule has 3 amide bonds. The van der Waals surface area contributed by atoms with Crippen LogP contribution in [0.5, 0.6) is 5.75 Å². The lowest BCUT2D eigenvalue weighted by molar-refractivity contribution is -0.114. The van der Waals surface area contributed by atoms with Crippen molar-refractivity contribution >= 4 is 39.3 Å². The number of halogens is 1. The van der Waals surface area contributed by atoms with Crippen molar-refractivity contribution in [2.75, 3.05) is 18.5 Å². The third kappa shape index (κ3) is 7.84. The molecule has 190 valence electrons. The van der Waals surface area contributed by atoms with E-state index in [0.717, 1.165) is 12.8 Å². The van der Waals surface area contributed by atoms with Crippen molar-refractivity contribution in [3.8, 4) is 5.75 Å². The van der Waals surface area contributed by atoms with Crippen molar-refractivity contribution in [3.63, 3.8) is 0 Å². The Bertz CT molecular complexity index is 1150. The molecule has 2 aromatic carbocycles. The number of urea groups is 1. The van der Waals surface area contributed by atoms with E-state index in [1.165, 1.54) is 43.3 Å². The Morgan fingerprint density at radius 2 is 1.91 bits per heavy atom. The average molecular weight is 524 g/mol. The Morgan fingerprint density at radius 3 is 2.51 bits per heavy atom. The molecule has 1 saturated heterocycles. The fourth-order valence-electron chi connectivity index (χ4n) is 3.62. The van der Waals surface area contributed by atoms with Gasteiger partial charge >= 0.3 is 16.1 Å². The van der Waals surface area contributed by atoms with Gasteiger partial charge in [-0.05, 0) is 69.2 Å². The van der Waals surface area contributed by atoms with Crippen LogP contribution in [0.4, 0.5) is 10.5 Å². The Hall–Kier alpha value is -2.82. The molecule has 2 N–H and O–H groups in total. The van der Waals surface area contributed by atoms with Gasteiger partial charge in [-0.25, -0.2) is 4.79 Å². The van der Waals surface area contributed by atoms with Crippen LogP contribution >= 0.6 is 11.6 Å². The minimum absolute atomic E-state index is 0.0648. The second-order valence-corrected chi connectivity index (χ2v) is 10.6. The Kier molecular flexibility index (Phi) is 8.98. The second kappa shape index (κ2) is 11.7. The first kappa shape index (κ1) is 26.8. The molecule has 0 aliphatic carbocycles. The molecule has 11 heteroatoms. The van der Waals surface area contributed by atoms with Gasteiger partial charge in [0.25, 0.3) is 0 Å². The first-order chi connectivity index (χ1) is 16.5. The van der Waals surface area contributed by atoms with Gasteiger partial charge in [0.15, 0.2) is 0 Å². The predicted octanol–water partition coefficient (Wildman–Crippen LogP) is 4.17. The van der Waals surface area contributed by atoms with Crippen LogP contribution < -0.4 is 14.8 Å². The number of rotatable bonds is 9. The van der Waals surface area contributed by atoms with E-state index >= 15 is 0 Å². The highest BCUT2D eigenvalue weighted by atomic mass is 35.5. The van der Waals surface area contributed by atoms with Gasteiger partial charge in [0.05, 0.1) is 12.6 Å². The smallest absolute Gasteiger partial charge is 0.339 e. The molecule has 2 aromatic rings. The number of carbonyl (C=O) groups excluding carboxylic acids is 2. The molecule has 9 nitrogen and oxygen atoms in total. The summed E-state index contributed by atoms with van der Waals surface area (Å²) in [5, 5.41) is 5.83. The molecule has 1 aliphatic heterocycles. The molecule has 1 unspecified atom stereocenters. The fraction of sp³-hybridized carbons (Fsp3) is 0.417. The van der Waals surface area contributed by atoms with Gasteiger partial charge in [0.2, 0.25) is 5.91 Å². The van der Waals surface area contributed by atoms with Crippen molar-refractivity contribution < 1.29 is 26.9 Å². The maximum atomic E-state index is 13.0. The van der Waals surface area contributed by atoms with Gasteiger partial charge in [-0.2, -0.15) is 8.42 Å². The summed E-state index contributed by atoms with van der Waals surface area (Å²) in [6.07, 6.45) is 1.67. The lowest BCUT2D eigenvalue weighted by Crippen LogP contribution is -2.45. The molecule has 1 fully saturated rings. The highest BCUT2D eigenvalue weighted by Crippen LogP contribution is 2.28. The minimum Gasteiger partial charge on any atom is -0.379 e. The number of nitrogens with one attached hydrogen (secondary N) is 2. The van der Waals surface area contributed by atoms with Crippen molar-refractivity contribution in [2.45, 2.75) is 57.2 Å². The molecule has 0 radical (unpaired) electrons. The summed E-state index contributed by atoms with van der Waals surface area (Å²) in [6.45, 7) is 6.15. The summed E-state index contributed by atoms with van der Waals surface area (Å²) in [5.41, 5.74) is 0.900. The molecule has 1 heterocycles. The maximum Gasteiger partial charge on any atom is 0.339 e. The number of nitrogens with zero attached hydrogens (tertiary/aromatic N) is 1. The summed E-state index contributed by atoms with van der Waals surface area (Å²) in [7, 11) is -4.19. The predicted molar refractivity (Wildman–Crippen MR) is 133 cm³/mol. The van der Waals surface area contributed by atoms with E-state index in [-0.39, 0.29) is 41.3 Å². The van der Waals surface area contributed by atoms with Crippen LogP contribution in [-0.4, -0.2) is 50.6 Å². The number of hydrogen-bond acceptors (Lipinski definition) is 6. The molecule has 0 spiro atoms. The molecule has 3 rings (SSSR count). The molecule has 0 saturated carbocycles. The van der Waals surface area contributed by atoms with Crippen LogP contribution in [0, 0.1) is 0 Å². The van der Waals surface area contributed by atoms with Crippen molar-refractivity contribution in [2.24, 2.45) is 0 Å². The average Bonchev–Trinajstić information content (AvgIpc) is 3.28. The van der Waals surface area contributed by atoms with Gasteiger partial charge in [-0.15, -0.1) is 0 Å². The first-order valence-electron chi connectivity index (χ1n) is 11.3. The molecular weight excluding hydrogens is 494 g/mol. The van der Waals surface area contributed by atoms with Crippen LogP contribution in [0.15, 0.2) is 47.4 Å².